The first kappa shape index (κ1) is 10.5. The van der Waals surface area contributed by atoms with E-state index in [0.29, 0.717) is 12.8 Å². The molecule has 3 nitrogen and oxygen atoms in total. The molecule has 0 aromatic rings. The molecular weight excluding hydrogens is 190 g/mol. The number of amides is 1. The molecule has 0 aromatic carbocycles. The molecule has 1 amide bonds. The number of nitrogens with zero attached hydrogens (tertiary/aromatic N) is 1. The van der Waals surface area contributed by atoms with E-state index in [0.717, 1.165) is 25.7 Å². The van der Waals surface area contributed by atoms with Crippen molar-refractivity contribution in [2.45, 2.75) is 56.7 Å². The summed E-state index contributed by atoms with van der Waals surface area (Å²) < 4.78 is 0. The summed E-state index contributed by atoms with van der Waals surface area (Å²) >= 11 is 0. The highest BCUT2D eigenvalue weighted by atomic mass is 16.3. The van der Waals surface area contributed by atoms with Crippen molar-refractivity contribution in [2.75, 3.05) is 0 Å². The number of fused-ring (bicyclic) bond motifs is 2. The van der Waals surface area contributed by atoms with Crippen molar-refractivity contribution in [1.29, 1.82) is 0 Å². The fourth-order valence-corrected chi connectivity index (χ4v) is 2.86. The monoisotopic (exact) mass is 207 g/mol. The summed E-state index contributed by atoms with van der Waals surface area (Å²) in [6.07, 6.45) is 9.51. The minimum absolute atomic E-state index is 0.173. The summed E-state index contributed by atoms with van der Waals surface area (Å²) in [5.74, 6) is 2.67. The number of carbonyl (C=O) groups excluding carboxylic acids is 1. The largest absolute Gasteiger partial charge is 0.393 e. The summed E-state index contributed by atoms with van der Waals surface area (Å²) in [7, 11) is 0. The Balaban J connectivity index is 1.99. The lowest BCUT2D eigenvalue weighted by Gasteiger charge is -2.37. The molecule has 2 aliphatic rings. The Labute approximate surface area is 90.5 Å². The van der Waals surface area contributed by atoms with Gasteiger partial charge in [0.15, 0.2) is 0 Å². The molecule has 15 heavy (non-hydrogen) atoms. The van der Waals surface area contributed by atoms with Crippen LogP contribution in [0.2, 0.25) is 0 Å². The predicted octanol–water partition coefficient (Wildman–Crippen LogP) is 0.914. The zero-order valence-corrected chi connectivity index (χ0v) is 8.85. The van der Waals surface area contributed by atoms with Gasteiger partial charge >= 0.3 is 0 Å². The Bertz CT molecular complexity index is 280. The average Bonchev–Trinajstić information content (AvgIpc) is 2.48. The molecule has 0 aromatic heterocycles. The molecule has 2 heterocycles. The van der Waals surface area contributed by atoms with Crippen molar-refractivity contribution < 1.29 is 9.90 Å². The number of hydrogen-bond donors (Lipinski definition) is 1. The van der Waals surface area contributed by atoms with Crippen LogP contribution in [0, 0.1) is 12.3 Å². The molecule has 1 N–H and O–H groups in total. The van der Waals surface area contributed by atoms with Gasteiger partial charge in [0.25, 0.3) is 0 Å². The van der Waals surface area contributed by atoms with E-state index in [2.05, 4.69) is 5.92 Å². The van der Waals surface area contributed by atoms with Crippen LogP contribution in [0.1, 0.15) is 38.5 Å². The van der Waals surface area contributed by atoms with Gasteiger partial charge in [0.2, 0.25) is 5.91 Å². The Morgan fingerprint density at radius 1 is 1.40 bits per heavy atom. The summed E-state index contributed by atoms with van der Waals surface area (Å²) in [4.78, 5) is 13.8. The van der Waals surface area contributed by atoms with E-state index in [1.54, 1.807) is 0 Å². The number of aliphatic hydroxyl groups is 1. The van der Waals surface area contributed by atoms with E-state index in [-0.39, 0.29) is 24.1 Å². The van der Waals surface area contributed by atoms with Gasteiger partial charge in [-0.2, -0.15) is 0 Å². The first-order valence-electron chi connectivity index (χ1n) is 5.65. The molecule has 0 aliphatic carbocycles. The predicted molar refractivity (Wildman–Crippen MR) is 57.0 cm³/mol. The maximum absolute atomic E-state index is 11.9. The Hall–Kier alpha value is -1.01. The van der Waals surface area contributed by atoms with Gasteiger partial charge in [0, 0.05) is 24.9 Å². The SMILES string of the molecule is C#CCCC(=O)N1C2CCC1CC(O)C2. The van der Waals surface area contributed by atoms with Gasteiger partial charge in [-0.3, -0.25) is 4.79 Å². The maximum atomic E-state index is 11.9. The van der Waals surface area contributed by atoms with E-state index in [9.17, 15) is 9.90 Å². The third kappa shape index (κ3) is 2.00. The van der Waals surface area contributed by atoms with Crippen molar-refractivity contribution in [3.8, 4) is 12.3 Å². The molecule has 2 aliphatic heterocycles. The van der Waals surface area contributed by atoms with Crippen molar-refractivity contribution in [3.05, 3.63) is 0 Å². The second-order valence-corrected chi connectivity index (χ2v) is 4.52. The van der Waals surface area contributed by atoms with Crippen LogP contribution in [0.3, 0.4) is 0 Å². The van der Waals surface area contributed by atoms with Crippen LogP contribution in [-0.2, 0) is 4.79 Å². The molecule has 0 radical (unpaired) electrons. The number of carbonyl (C=O) groups is 1. The molecule has 3 heteroatoms. The molecule has 0 saturated carbocycles. The number of terminal acetylenes is 1. The lowest BCUT2D eigenvalue weighted by molar-refractivity contribution is -0.137. The van der Waals surface area contributed by atoms with Crippen LogP contribution in [0.5, 0.6) is 0 Å². The van der Waals surface area contributed by atoms with Crippen LogP contribution in [0.15, 0.2) is 0 Å². The second-order valence-electron chi connectivity index (χ2n) is 4.52. The number of rotatable bonds is 2. The van der Waals surface area contributed by atoms with E-state index < -0.39 is 0 Å². The van der Waals surface area contributed by atoms with Crippen LogP contribution >= 0.6 is 0 Å². The van der Waals surface area contributed by atoms with Gasteiger partial charge in [-0.25, -0.2) is 0 Å². The normalized spacial score (nSPS) is 33.9. The van der Waals surface area contributed by atoms with E-state index in [4.69, 9.17) is 6.42 Å². The zero-order chi connectivity index (χ0) is 10.8. The van der Waals surface area contributed by atoms with Crippen LogP contribution in [0.25, 0.3) is 0 Å². The number of aliphatic hydroxyl groups excluding tert-OH is 1. The topological polar surface area (TPSA) is 40.5 Å². The third-order valence-corrected chi connectivity index (χ3v) is 3.48. The fraction of sp³-hybridized carbons (Fsp3) is 0.750. The summed E-state index contributed by atoms with van der Waals surface area (Å²) in [5.41, 5.74) is 0. The van der Waals surface area contributed by atoms with Crippen molar-refractivity contribution in [1.82, 2.24) is 4.90 Å². The first-order valence-corrected chi connectivity index (χ1v) is 5.65. The van der Waals surface area contributed by atoms with E-state index in [1.807, 2.05) is 4.90 Å². The Morgan fingerprint density at radius 2 is 2.00 bits per heavy atom. The summed E-state index contributed by atoms with van der Waals surface area (Å²) in [6.45, 7) is 0. The van der Waals surface area contributed by atoms with E-state index in [1.165, 1.54) is 0 Å². The molecule has 2 rings (SSSR count). The molecule has 2 unspecified atom stereocenters. The standard InChI is InChI=1S/C12H17NO2/c1-2-3-4-12(15)13-9-5-6-10(13)8-11(14)7-9/h1,9-11,14H,3-8H2. The van der Waals surface area contributed by atoms with Gasteiger partial charge in [0.05, 0.1) is 6.10 Å². The fourth-order valence-electron chi connectivity index (χ4n) is 2.86. The van der Waals surface area contributed by atoms with Gasteiger partial charge < -0.3 is 10.0 Å². The molecule has 2 atom stereocenters. The number of hydrogen-bond acceptors (Lipinski definition) is 2. The second kappa shape index (κ2) is 4.24. The van der Waals surface area contributed by atoms with Gasteiger partial charge in [-0.05, 0) is 25.7 Å². The lowest BCUT2D eigenvalue weighted by atomic mass is 9.99. The number of piperidine rings is 1. The summed E-state index contributed by atoms with van der Waals surface area (Å²) in [6, 6.07) is 0.535. The van der Waals surface area contributed by atoms with Crippen molar-refractivity contribution >= 4 is 5.91 Å². The smallest absolute Gasteiger partial charge is 0.224 e. The van der Waals surface area contributed by atoms with E-state index >= 15 is 0 Å². The molecule has 2 bridgehead atoms. The van der Waals surface area contributed by atoms with Crippen LogP contribution in [-0.4, -0.2) is 34.1 Å². The quantitative estimate of drug-likeness (QED) is 0.684. The minimum Gasteiger partial charge on any atom is -0.393 e. The first-order chi connectivity index (χ1) is 7.22. The lowest BCUT2D eigenvalue weighted by Crippen LogP contribution is -2.47. The minimum atomic E-state index is -0.209. The van der Waals surface area contributed by atoms with Gasteiger partial charge in [0.1, 0.15) is 0 Å². The highest BCUT2D eigenvalue weighted by Gasteiger charge is 2.42. The van der Waals surface area contributed by atoms with Gasteiger partial charge in [-0.15, -0.1) is 12.3 Å². The molecular formula is C12H17NO2. The van der Waals surface area contributed by atoms with Crippen molar-refractivity contribution in [3.63, 3.8) is 0 Å². The van der Waals surface area contributed by atoms with Gasteiger partial charge in [-0.1, -0.05) is 0 Å². The highest BCUT2D eigenvalue weighted by molar-refractivity contribution is 5.77. The molecule has 2 saturated heterocycles. The average molecular weight is 207 g/mol. The molecule has 82 valence electrons. The zero-order valence-electron chi connectivity index (χ0n) is 8.85. The van der Waals surface area contributed by atoms with Crippen LogP contribution < -0.4 is 0 Å². The highest BCUT2D eigenvalue weighted by Crippen LogP contribution is 2.36. The summed E-state index contributed by atoms with van der Waals surface area (Å²) in [5, 5.41) is 9.60. The Morgan fingerprint density at radius 3 is 2.53 bits per heavy atom. The third-order valence-electron chi connectivity index (χ3n) is 3.48. The maximum Gasteiger partial charge on any atom is 0.224 e. The van der Waals surface area contributed by atoms with Crippen molar-refractivity contribution in [2.24, 2.45) is 0 Å². The Kier molecular flexibility index (Phi) is 2.97. The molecule has 2 fully saturated rings. The molecule has 0 spiro atoms. The van der Waals surface area contributed by atoms with Crippen LogP contribution in [0.4, 0.5) is 0 Å².